The summed E-state index contributed by atoms with van der Waals surface area (Å²) in [6.45, 7) is 1.87. The smallest absolute Gasteiger partial charge is 0.237 e. The molecule has 1 heterocycles. The van der Waals surface area contributed by atoms with Crippen molar-refractivity contribution in [1.29, 1.82) is 0 Å². The van der Waals surface area contributed by atoms with Gasteiger partial charge in [0, 0.05) is 12.4 Å². The Hall–Kier alpha value is -2.14. The predicted molar refractivity (Wildman–Crippen MR) is 73.3 cm³/mol. The summed E-state index contributed by atoms with van der Waals surface area (Å²) in [6.07, 6.45) is 3.90. The summed E-state index contributed by atoms with van der Waals surface area (Å²) in [4.78, 5) is 19.0. The molecule has 0 radical (unpaired) electrons. The second-order valence-electron chi connectivity index (χ2n) is 4.50. The van der Waals surface area contributed by atoms with Crippen LogP contribution in [0.2, 0.25) is 0 Å². The largest absolute Gasteiger partial charge is 0.347 e. The van der Waals surface area contributed by atoms with E-state index in [0.29, 0.717) is 6.42 Å². The zero-order valence-corrected chi connectivity index (χ0v) is 10.8. The molecule has 2 atom stereocenters. The van der Waals surface area contributed by atoms with Gasteiger partial charge in [-0.3, -0.25) is 4.79 Å². The van der Waals surface area contributed by atoms with Crippen LogP contribution in [0.4, 0.5) is 0 Å². The third-order valence-electron chi connectivity index (χ3n) is 2.92. The molecule has 0 aliphatic rings. The number of nitrogens with two attached hydrogens (primary N) is 1. The van der Waals surface area contributed by atoms with Crippen molar-refractivity contribution in [2.75, 3.05) is 0 Å². The van der Waals surface area contributed by atoms with Crippen LogP contribution in [-0.4, -0.2) is 21.9 Å². The zero-order chi connectivity index (χ0) is 13.7. The molecular weight excluding hydrogens is 240 g/mol. The Bertz CT molecular complexity index is 510. The third kappa shape index (κ3) is 3.66. The summed E-state index contributed by atoms with van der Waals surface area (Å²) in [7, 11) is 0. The molecule has 0 bridgehead atoms. The normalized spacial score (nSPS) is 13.8. The van der Waals surface area contributed by atoms with Gasteiger partial charge in [0.05, 0.1) is 12.1 Å². The van der Waals surface area contributed by atoms with Crippen LogP contribution < -0.4 is 11.1 Å². The van der Waals surface area contributed by atoms with Crippen molar-refractivity contribution in [1.82, 2.24) is 15.3 Å². The highest BCUT2D eigenvalue weighted by atomic mass is 16.2. The van der Waals surface area contributed by atoms with E-state index in [9.17, 15) is 4.79 Å². The number of carbonyl (C=O) groups excluding carboxylic acids is 1. The average molecular weight is 258 g/mol. The SMILES string of the molecule is CC(NC(=O)C(N)Cc1ccccc1)c1ncc[nH]1. The Balaban J connectivity index is 1.89. The van der Waals surface area contributed by atoms with Crippen molar-refractivity contribution in [2.45, 2.75) is 25.4 Å². The summed E-state index contributed by atoms with van der Waals surface area (Å²) >= 11 is 0. The number of rotatable bonds is 5. The molecule has 100 valence electrons. The number of aromatic amines is 1. The van der Waals surface area contributed by atoms with E-state index in [0.717, 1.165) is 11.4 Å². The molecule has 1 aromatic carbocycles. The molecule has 0 spiro atoms. The predicted octanol–water partition coefficient (Wildman–Crippen LogP) is 1.16. The second kappa shape index (κ2) is 6.15. The van der Waals surface area contributed by atoms with Crippen LogP contribution in [0.25, 0.3) is 0 Å². The van der Waals surface area contributed by atoms with Gasteiger partial charge in [0.15, 0.2) is 0 Å². The fraction of sp³-hybridized carbons (Fsp3) is 0.286. The summed E-state index contributed by atoms with van der Waals surface area (Å²) in [5.41, 5.74) is 6.96. The molecule has 1 aromatic heterocycles. The lowest BCUT2D eigenvalue weighted by molar-refractivity contribution is -0.123. The van der Waals surface area contributed by atoms with Gasteiger partial charge in [0.25, 0.3) is 0 Å². The number of hydrogen-bond donors (Lipinski definition) is 3. The Morgan fingerprint density at radius 2 is 2.16 bits per heavy atom. The van der Waals surface area contributed by atoms with Crippen molar-refractivity contribution >= 4 is 5.91 Å². The van der Waals surface area contributed by atoms with E-state index < -0.39 is 6.04 Å². The number of aromatic nitrogens is 2. The average Bonchev–Trinajstić information content (AvgIpc) is 2.93. The first-order valence-corrected chi connectivity index (χ1v) is 6.26. The third-order valence-corrected chi connectivity index (χ3v) is 2.92. The molecule has 5 heteroatoms. The fourth-order valence-corrected chi connectivity index (χ4v) is 1.86. The van der Waals surface area contributed by atoms with E-state index in [1.165, 1.54) is 0 Å². The molecule has 0 saturated heterocycles. The minimum Gasteiger partial charge on any atom is -0.347 e. The molecule has 4 N–H and O–H groups in total. The molecule has 1 amide bonds. The lowest BCUT2D eigenvalue weighted by Crippen LogP contribution is -2.43. The number of imidazole rings is 1. The highest BCUT2D eigenvalue weighted by Crippen LogP contribution is 2.07. The number of nitrogens with zero attached hydrogens (tertiary/aromatic N) is 1. The van der Waals surface area contributed by atoms with Crippen molar-refractivity contribution < 1.29 is 4.79 Å². The molecule has 0 aliphatic heterocycles. The van der Waals surface area contributed by atoms with Gasteiger partial charge in [-0.2, -0.15) is 0 Å². The monoisotopic (exact) mass is 258 g/mol. The first-order chi connectivity index (χ1) is 9.16. The van der Waals surface area contributed by atoms with E-state index in [1.807, 2.05) is 37.3 Å². The summed E-state index contributed by atoms with van der Waals surface area (Å²) in [5, 5.41) is 2.84. The van der Waals surface area contributed by atoms with Crippen LogP contribution in [-0.2, 0) is 11.2 Å². The van der Waals surface area contributed by atoms with Crippen molar-refractivity contribution in [3.05, 3.63) is 54.1 Å². The lowest BCUT2D eigenvalue weighted by atomic mass is 10.1. The minimum absolute atomic E-state index is 0.173. The molecular formula is C14H18N4O. The van der Waals surface area contributed by atoms with Crippen LogP contribution in [0.1, 0.15) is 24.4 Å². The molecule has 0 fully saturated rings. The number of nitrogens with one attached hydrogen (secondary N) is 2. The van der Waals surface area contributed by atoms with Crippen molar-refractivity contribution in [3.8, 4) is 0 Å². The van der Waals surface area contributed by atoms with Crippen LogP contribution in [0.15, 0.2) is 42.7 Å². The fourth-order valence-electron chi connectivity index (χ4n) is 1.86. The minimum atomic E-state index is -0.556. The van der Waals surface area contributed by atoms with Crippen LogP contribution in [0, 0.1) is 0 Å². The van der Waals surface area contributed by atoms with Gasteiger partial charge in [-0.1, -0.05) is 30.3 Å². The van der Waals surface area contributed by atoms with E-state index in [4.69, 9.17) is 5.73 Å². The molecule has 2 aromatic rings. The maximum atomic E-state index is 12.0. The van der Waals surface area contributed by atoms with Gasteiger partial charge >= 0.3 is 0 Å². The molecule has 19 heavy (non-hydrogen) atoms. The summed E-state index contributed by atoms with van der Waals surface area (Å²) in [6, 6.07) is 9.00. The highest BCUT2D eigenvalue weighted by Gasteiger charge is 2.17. The molecule has 0 aliphatic carbocycles. The van der Waals surface area contributed by atoms with Gasteiger partial charge in [0.2, 0.25) is 5.91 Å². The first kappa shape index (κ1) is 13.3. The summed E-state index contributed by atoms with van der Waals surface area (Å²) < 4.78 is 0. The van der Waals surface area contributed by atoms with Gasteiger partial charge in [-0.05, 0) is 18.9 Å². The standard InChI is InChI=1S/C14H18N4O/c1-10(13-16-7-8-17-13)18-14(19)12(15)9-11-5-3-2-4-6-11/h2-8,10,12H,9,15H2,1H3,(H,16,17)(H,18,19). The maximum absolute atomic E-state index is 12.0. The van der Waals surface area contributed by atoms with Gasteiger partial charge in [0.1, 0.15) is 5.82 Å². The van der Waals surface area contributed by atoms with E-state index in [2.05, 4.69) is 15.3 Å². The summed E-state index contributed by atoms with van der Waals surface area (Å²) in [5.74, 6) is 0.549. The van der Waals surface area contributed by atoms with Crippen molar-refractivity contribution in [2.24, 2.45) is 5.73 Å². The van der Waals surface area contributed by atoms with E-state index in [-0.39, 0.29) is 11.9 Å². The van der Waals surface area contributed by atoms with Crippen LogP contribution in [0.5, 0.6) is 0 Å². The Kier molecular flexibility index (Phi) is 4.30. The highest BCUT2D eigenvalue weighted by molar-refractivity contribution is 5.82. The zero-order valence-electron chi connectivity index (χ0n) is 10.8. The van der Waals surface area contributed by atoms with Gasteiger partial charge in [-0.25, -0.2) is 4.98 Å². The van der Waals surface area contributed by atoms with E-state index >= 15 is 0 Å². The maximum Gasteiger partial charge on any atom is 0.237 e. The number of benzene rings is 1. The quantitative estimate of drug-likeness (QED) is 0.752. The van der Waals surface area contributed by atoms with Gasteiger partial charge in [-0.15, -0.1) is 0 Å². The number of H-pyrrole nitrogens is 1. The number of hydrogen-bond acceptors (Lipinski definition) is 3. The topological polar surface area (TPSA) is 83.8 Å². The Morgan fingerprint density at radius 3 is 2.79 bits per heavy atom. The first-order valence-electron chi connectivity index (χ1n) is 6.26. The molecule has 5 nitrogen and oxygen atoms in total. The van der Waals surface area contributed by atoms with E-state index in [1.54, 1.807) is 12.4 Å². The van der Waals surface area contributed by atoms with Crippen molar-refractivity contribution in [3.63, 3.8) is 0 Å². The van der Waals surface area contributed by atoms with Crippen LogP contribution >= 0.6 is 0 Å². The lowest BCUT2D eigenvalue weighted by Gasteiger charge is -2.16. The number of amides is 1. The van der Waals surface area contributed by atoms with Gasteiger partial charge < -0.3 is 16.0 Å². The number of carbonyl (C=O) groups is 1. The Labute approximate surface area is 112 Å². The second-order valence-corrected chi connectivity index (χ2v) is 4.50. The Morgan fingerprint density at radius 1 is 1.42 bits per heavy atom. The molecule has 0 saturated carbocycles. The molecule has 2 unspecified atom stereocenters. The molecule has 2 rings (SSSR count). The van der Waals surface area contributed by atoms with Crippen LogP contribution in [0.3, 0.4) is 0 Å².